The Hall–Kier alpha value is -0.200. The second-order valence-electron chi connectivity index (χ2n) is 4.51. The fourth-order valence-electron chi connectivity index (χ4n) is 2.17. The fourth-order valence-corrected chi connectivity index (χ4v) is 2.17. The van der Waals surface area contributed by atoms with Gasteiger partial charge in [0, 0.05) is 7.11 Å². The van der Waals surface area contributed by atoms with Crippen LogP contribution in [0.1, 0.15) is 20.8 Å². The minimum atomic E-state index is -0.636. The molecule has 0 spiro atoms. The summed E-state index contributed by atoms with van der Waals surface area (Å²) in [6, 6.07) is 0. The molecule has 0 bridgehead atoms. The minimum Gasteiger partial charge on any atom is -0.391 e. The van der Waals surface area contributed by atoms with Crippen molar-refractivity contribution in [2.45, 2.75) is 57.3 Å². The van der Waals surface area contributed by atoms with Crippen LogP contribution >= 0.6 is 0 Å². The largest absolute Gasteiger partial charge is 0.391 e. The molecular weight excluding hydrogens is 200 g/mol. The second-order valence-corrected chi connectivity index (χ2v) is 4.51. The van der Waals surface area contributed by atoms with Gasteiger partial charge < -0.3 is 24.1 Å². The van der Waals surface area contributed by atoms with Crippen LogP contribution in [0.4, 0.5) is 0 Å². The molecule has 0 aliphatic carbocycles. The van der Waals surface area contributed by atoms with Gasteiger partial charge in [0.25, 0.3) is 0 Å². The molecule has 2 saturated heterocycles. The quantitative estimate of drug-likeness (QED) is 0.720. The van der Waals surface area contributed by atoms with E-state index < -0.39 is 18.2 Å². The molecule has 2 aliphatic rings. The Bertz CT molecular complexity index is 240. The summed E-state index contributed by atoms with van der Waals surface area (Å²) in [7, 11) is 1.56. The molecule has 4 unspecified atom stereocenters. The van der Waals surface area contributed by atoms with Gasteiger partial charge in [-0.1, -0.05) is 0 Å². The Morgan fingerprint density at radius 1 is 1.27 bits per heavy atom. The third-order valence-electron chi connectivity index (χ3n) is 2.75. The lowest BCUT2D eigenvalue weighted by molar-refractivity contribution is -0.235. The lowest BCUT2D eigenvalue weighted by Gasteiger charge is -2.24. The number of rotatable bonds is 2. The van der Waals surface area contributed by atoms with Crippen molar-refractivity contribution in [2.75, 3.05) is 7.11 Å². The molecule has 2 fully saturated rings. The van der Waals surface area contributed by atoms with Crippen molar-refractivity contribution in [1.29, 1.82) is 0 Å². The zero-order chi connectivity index (χ0) is 11.2. The van der Waals surface area contributed by atoms with Crippen LogP contribution in [0.15, 0.2) is 0 Å². The molecule has 2 rings (SSSR count). The van der Waals surface area contributed by atoms with Crippen LogP contribution in [-0.4, -0.2) is 48.7 Å². The van der Waals surface area contributed by atoms with Gasteiger partial charge >= 0.3 is 0 Å². The van der Waals surface area contributed by atoms with E-state index in [9.17, 15) is 5.11 Å². The summed E-state index contributed by atoms with van der Waals surface area (Å²) < 4.78 is 22.0. The van der Waals surface area contributed by atoms with Crippen molar-refractivity contribution < 1.29 is 24.1 Å². The molecule has 2 heterocycles. The second kappa shape index (κ2) is 3.68. The molecule has 0 aromatic rings. The smallest absolute Gasteiger partial charge is 0.186 e. The highest BCUT2D eigenvalue weighted by Crippen LogP contribution is 2.39. The number of aliphatic hydroxyl groups is 1. The number of ether oxygens (including phenoxy) is 4. The summed E-state index contributed by atoms with van der Waals surface area (Å²) in [5.74, 6) is -0.636. The summed E-state index contributed by atoms with van der Waals surface area (Å²) in [5, 5.41) is 9.57. The molecule has 0 saturated carbocycles. The zero-order valence-electron chi connectivity index (χ0n) is 9.47. The van der Waals surface area contributed by atoms with E-state index in [0.29, 0.717) is 0 Å². The van der Waals surface area contributed by atoms with Gasteiger partial charge in [0.15, 0.2) is 12.1 Å². The van der Waals surface area contributed by atoms with E-state index in [2.05, 4.69) is 0 Å². The Morgan fingerprint density at radius 3 is 2.40 bits per heavy atom. The first-order chi connectivity index (χ1) is 6.94. The number of hydrogen-bond acceptors (Lipinski definition) is 5. The number of fused-ring (bicyclic) bond motifs is 1. The third-order valence-corrected chi connectivity index (χ3v) is 2.75. The topological polar surface area (TPSA) is 57.2 Å². The Kier molecular flexibility index (Phi) is 2.77. The predicted molar refractivity (Wildman–Crippen MR) is 51.2 cm³/mol. The van der Waals surface area contributed by atoms with E-state index in [4.69, 9.17) is 18.9 Å². The molecule has 88 valence electrons. The third kappa shape index (κ3) is 1.90. The molecule has 5 atom stereocenters. The van der Waals surface area contributed by atoms with Gasteiger partial charge in [-0.25, -0.2) is 0 Å². The Balaban J connectivity index is 2.15. The lowest BCUT2D eigenvalue weighted by Crippen LogP contribution is -2.36. The highest BCUT2D eigenvalue weighted by atomic mass is 16.8. The van der Waals surface area contributed by atoms with E-state index in [-0.39, 0.29) is 18.3 Å². The molecule has 0 radical (unpaired) electrons. The van der Waals surface area contributed by atoms with Crippen LogP contribution in [0, 0.1) is 0 Å². The van der Waals surface area contributed by atoms with Gasteiger partial charge in [-0.05, 0) is 20.8 Å². The van der Waals surface area contributed by atoms with E-state index in [1.165, 1.54) is 0 Å². The van der Waals surface area contributed by atoms with Gasteiger partial charge in [0.1, 0.15) is 18.3 Å². The lowest BCUT2D eigenvalue weighted by atomic mass is 10.1. The maximum atomic E-state index is 9.57. The molecule has 2 aliphatic heterocycles. The first kappa shape index (κ1) is 11.3. The van der Waals surface area contributed by atoms with Crippen molar-refractivity contribution in [3.8, 4) is 0 Å². The van der Waals surface area contributed by atoms with Gasteiger partial charge in [-0.15, -0.1) is 0 Å². The van der Waals surface area contributed by atoms with Crippen molar-refractivity contribution >= 4 is 0 Å². The highest BCUT2D eigenvalue weighted by Gasteiger charge is 2.56. The highest BCUT2D eigenvalue weighted by molar-refractivity contribution is 4.96. The summed E-state index contributed by atoms with van der Waals surface area (Å²) in [6.07, 6.45) is -1.97. The molecule has 15 heavy (non-hydrogen) atoms. The van der Waals surface area contributed by atoms with Gasteiger partial charge in [-0.2, -0.15) is 0 Å². The van der Waals surface area contributed by atoms with Crippen LogP contribution < -0.4 is 0 Å². The number of aliphatic hydroxyl groups excluding tert-OH is 1. The summed E-state index contributed by atoms with van der Waals surface area (Å²) >= 11 is 0. The monoisotopic (exact) mass is 218 g/mol. The van der Waals surface area contributed by atoms with E-state index in [0.717, 1.165) is 0 Å². The van der Waals surface area contributed by atoms with Crippen LogP contribution in [0.25, 0.3) is 0 Å². The summed E-state index contributed by atoms with van der Waals surface area (Å²) in [6.45, 7) is 5.36. The first-order valence-corrected chi connectivity index (χ1v) is 5.16. The van der Waals surface area contributed by atoms with E-state index >= 15 is 0 Å². The SMILES string of the molecule is COC1OC([C@@H](C)O)C2OC(C)(C)OC12. The van der Waals surface area contributed by atoms with Crippen LogP contribution in [0.5, 0.6) is 0 Å². The molecule has 0 amide bonds. The van der Waals surface area contributed by atoms with Gasteiger partial charge in [0.2, 0.25) is 0 Å². The molecule has 0 aromatic carbocycles. The average Bonchev–Trinajstić information content (AvgIpc) is 2.57. The minimum absolute atomic E-state index is 0.259. The maximum Gasteiger partial charge on any atom is 0.186 e. The van der Waals surface area contributed by atoms with Crippen LogP contribution in [-0.2, 0) is 18.9 Å². The van der Waals surface area contributed by atoms with Gasteiger partial charge in [-0.3, -0.25) is 0 Å². The number of methoxy groups -OCH3 is 1. The molecular formula is C10H18O5. The summed E-state index contributed by atoms with van der Waals surface area (Å²) in [4.78, 5) is 0. The van der Waals surface area contributed by atoms with E-state index in [1.54, 1.807) is 14.0 Å². The molecule has 0 aromatic heterocycles. The van der Waals surface area contributed by atoms with Gasteiger partial charge in [0.05, 0.1) is 6.10 Å². The van der Waals surface area contributed by atoms with Crippen molar-refractivity contribution in [3.63, 3.8) is 0 Å². The molecule has 1 N–H and O–H groups in total. The molecule has 5 nitrogen and oxygen atoms in total. The predicted octanol–water partition coefficient (Wildman–Crippen LogP) is 0.259. The maximum absolute atomic E-state index is 9.57. The first-order valence-electron chi connectivity index (χ1n) is 5.16. The van der Waals surface area contributed by atoms with Crippen LogP contribution in [0.3, 0.4) is 0 Å². The zero-order valence-corrected chi connectivity index (χ0v) is 9.47. The average molecular weight is 218 g/mol. The standard InChI is InChI=1S/C10H18O5/c1-5(11)6-7-8(9(12-4)13-6)15-10(2,3)14-7/h5-9,11H,1-4H3/t5-,6?,7?,8?,9?/m1/s1. The molecule has 5 heteroatoms. The van der Waals surface area contributed by atoms with Crippen molar-refractivity contribution in [2.24, 2.45) is 0 Å². The Labute approximate surface area is 89.3 Å². The van der Waals surface area contributed by atoms with E-state index in [1.807, 2.05) is 13.8 Å². The Morgan fingerprint density at radius 2 is 1.87 bits per heavy atom. The van der Waals surface area contributed by atoms with Crippen molar-refractivity contribution in [1.82, 2.24) is 0 Å². The van der Waals surface area contributed by atoms with Crippen LogP contribution in [0.2, 0.25) is 0 Å². The summed E-state index contributed by atoms with van der Waals surface area (Å²) in [5.41, 5.74) is 0. The number of hydrogen-bond donors (Lipinski definition) is 1. The fraction of sp³-hybridized carbons (Fsp3) is 1.00. The normalized spacial score (nSPS) is 45.4. The van der Waals surface area contributed by atoms with Crippen molar-refractivity contribution in [3.05, 3.63) is 0 Å².